The Kier molecular flexibility index (Phi) is 9.77. The van der Waals surface area contributed by atoms with Crippen molar-refractivity contribution in [3.05, 3.63) is 70.9 Å². The van der Waals surface area contributed by atoms with Crippen LogP contribution in [0.2, 0.25) is 0 Å². The summed E-state index contributed by atoms with van der Waals surface area (Å²) in [6, 6.07) is 11.0. The number of hydrogen-bond donors (Lipinski definition) is 3. The third-order valence-electron chi connectivity index (χ3n) is 15.7. The van der Waals surface area contributed by atoms with Crippen LogP contribution in [0.4, 0.5) is 5.69 Å². The molecule has 9 rings (SSSR count). The predicted molar refractivity (Wildman–Crippen MR) is 225 cm³/mol. The number of rotatable bonds is 8. The van der Waals surface area contributed by atoms with Crippen LogP contribution in [0.5, 0.6) is 5.75 Å². The molecule has 1 aliphatic carbocycles. The molecule has 1 spiro atoms. The fourth-order valence-corrected chi connectivity index (χ4v) is 13.6. The number of esters is 3. The number of H-pyrrole nitrogens is 1. The molecule has 2 saturated heterocycles. The number of piperidine rings is 1. The quantitative estimate of drug-likeness (QED) is 0.168. The molecule has 60 heavy (non-hydrogen) atoms. The van der Waals surface area contributed by atoms with Crippen LogP contribution in [0.25, 0.3) is 10.9 Å². The maximum atomic E-state index is 15.6. The maximum Gasteiger partial charge on any atom is 0.344 e. The highest BCUT2D eigenvalue weighted by molar-refractivity contribution is 5.95. The first kappa shape index (κ1) is 40.9. The van der Waals surface area contributed by atoms with Gasteiger partial charge in [0.15, 0.2) is 6.10 Å². The number of hydrogen-bond acceptors (Lipinski definition) is 12. The SMILES string of the molecule is CCOC(=O)[C@]1(c2cc3c(cc2OC)N(C)C2[C@]34CCN3CC=C[C@@](CC)([C@@H](OC(C)=O)[C@]2(O)C(=O)OC)[C@H]34)C[C@H]2CN(CCc3c1[nH]c1ccccc31)C[C@](O)(CC)C2. The molecule has 0 amide bonds. The van der Waals surface area contributed by atoms with E-state index in [0.717, 1.165) is 33.4 Å². The number of aliphatic hydroxyl groups is 2. The van der Waals surface area contributed by atoms with E-state index in [4.69, 9.17) is 18.9 Å². The van der Waals surface area contributed by atoms with Gasteiger partial charge in [-0.25, -0.2) is 4.79 Å². The number of carbonyl (C=O) groups excluding carboxylic acids is 3. The average Bonchev–Trinajstić information content (AvgIpc) is 3.90. The van der Waals surface area contributed by atoms with Gasteiger partial charge >= 0.3 is 17.9 Å². The van der Waals surface area contributed by atoms with E-state index in [-0.39, 0.29) is 18.6 Å². The first-order chi connectivity index (χ1) is 28.7. The van der Waals surface area contributed by atoms with Crippen LogP contribution < -0.4 is 9.64 Å². The second-order valence-electron chi connectivity index (χ2n) is 18.4. The number of methoxy groups -OCH3 is 2. The minimum absolute atomic E-state index is 0.0983. The maximum absolute atomic E-state index is 15.6. The molecular weight excluding hydrogens is 765 g/mol. The summed E-state index contributed by atoms with van der Waals surface area (Å²) in [5, 5.41) is 26.4. The number of carbonyl (C=O) groups is 3. The van der Waals surface area contributed by atoms with Gasteiger partial charge in [0.1, 0.15) is 11.2 Å². The normalized spacial score (nSPS) is 36.5. The van der Waals surface area contributed by atoms with Crippen molar-refractivity contribution >= 4 is 34.5 Å². The van der Waals surface area contributed by atoms with Crippen LogP contribution in [0, 0.1) is 11.3 Å². The lowest BCUT2D eigenvalue weighted by Gasteiger charge is -2.63. The Morgan fingerprint density at radius 1 is 0.967 bits per heavy atom. The Morgan fingerprint density at radius 3 is 2.45 bits per heavy atom. The van der Waals surface area contributed by atoms with E-state index in [1.165, 1.54) is 14.0 Å². The van der Waals surface area contributed by atoms with E-state index in [1.54, 1.807) is 7.11 Å². The van der Waals surface area contributed by atoms with Gasteiger partial charge in [-0.05, 0) is 81.2 Å². The summed E-state index contributed by atoms with van der Waals surface area (Å²) in [6.45, 7) is 10.6. The summed E-state index contributed by atoms with van der Waals surface area (Å²) >= 11 is 0. The summed E-state index contributed by atoms with van der Waals surface area (Å²) in [5.41, 5.74) is -1.59. The number of para-hydroxylation sites is 1. The molecule has 6 aliphatic rings. The number of fused-ring (bicyclic) bond motifs is 6. The zero-order chi connectivity index (χ0) is 42.6. The van der Waals surface area contributed by atoms with E-state index in [2.05, 4.69) is 39.1 Å². The van der Waals surface area contributed by atoms with E-state index in [1.807, 2.05) is 57.0 Å². The lowest BCUT2D eigenvalue weighted by molar-refractivity contribution is -0.228. The topological polar surface area (TPSA) is 154 Å². The second-order valence-corrected chi connectivity index (χ2v) is 18.4. The lowest BCUT2D eigenvalue weighted by Crippen LogP contribution is -2.81. The van der Waals surface area contributed by atoms with Crippen molar-refractivity contribution < 1.29 is 43.5 Å². The zero-order valence-corrected chi connectivity index (χ0v) is 36.0. The Bertz CT molecular complexity index is 2270. The van der Waals surface area contributed by atoms with Crippen LogP contribution in [0.1, 0.15) is 82.2 Å². The van der Waals surface area contributed by atoms with E-state index >= 15 is 4.79 Å². The number of aromatic nitrogens is 1. The number of nitrogens with zero attached hydrogens (tertiary/aromatic N) is 3. The Morgan fingerprint density at radius 2 is 1.75 bits per heavy atom. The van der Waals surface area contributed by atoms with Gasteiger partial charge < -0.3 is 39.0 Å². The third kappa shape index (κ3) is 5.34. The molecule has 5 aliphatic heterocycles. The van der Waals surface area contributed by atoms with Crippen molar-refractivity contribution in [2.24, 2.45) is 11.3 Å². The summed E-state index contributed by atoms with van der Waals surface area (Å²) in [4.78, 5) is 53.5. The largest absolute Gasteiger partial charge is 0.496 e. The van der Waals surface area contributed by atoms with Crippen LogP contribution in [0.3, 0.4) is 0 Å². The van der Waals surface area contributed by atoms with Gasteiger partial charge in [-0.2, -0.15) is 0 Å². The van der Waals surface area contributed by atoms with Crippen LogP contribution in [-0.2, 0) is 45.8 Å². The van der Waals surface area contributed by atoms with Crippen molar-refractivity contribution in [3.8, 4) is 5.75 Å². The number of aromatic amines is 1. The van der Waals surface area contributed by atoms with Crippen LogP contribution in [0.15, 0.2) is 48.6 Å². The smallest absolute Gasteiger partial charge is 0.344 e. The molecule has 2 aromatic carbocycles. The van der Waals surface area contributed by atoms with Crippen molar-refractivity contribution in [2.75, 3.05) is 65.5 Å². The van der Waals surface area contributed by atoms with Crippen LogP contribution >= 0.6 is 0 Å². The molecule has 0 radical (unpaired) electrons. The molecule has 13 nitrogen and oxygen atoms in total. The number of benzene rings is 2. The zero-order valence-electron chi connectivity index (χ0n) is 36.0. The first-order valence-electron chi connectivity index (χ1n) is 21.8. The molecular formula is C47H60N4O9. The van der Waals surface area contributed by atoms with Gasteiger partial charge in [0.05, 0.1) is 32.5 Å². The van der Waals surface area contributed by atoms with Crippen LogP contribution in [-0.4, -0.2) is 133 Å². The number of likely N-dealkylation sites (N-methyl/N-ethyl adjacent to an activating group) is 1. The number of ether oxygens (including phenoxy) is 4. The molecule has 1 saturated carbocycles. The summed E-state index contributed by atoms with van der Waals surface area (Å²) in [7, 11) is 4.74. The van der Waals surface area contributed by atoms with E-state index < -0.39 is 57.5 Å². The fourth-order valence-electron chi connectivity index (χ4n) is 13.6. The fraction of sp³-hybridized carbons (Fsp3) is 0.596. The number of nitrogens with one attached hydrogen (secondary N) is 1. The van der Waals surface area contributed by atoms with Crippen molar-refractivity contribution in [2.45, 2.75) is 106 Å². The molecule has 3 N–H and O–H groups in total. The van der Waals surface area contributed by atoms with Gasteiger partial charge in [-0.3, -0.25) is 19.4 Å². The minimum Gasteiger partial charge on any atom is -0.496 e. The van der Waals surface area contributed by atoms with Gasteiger partial charge in [-0.15, -0.1) is 0 Å². The summed E-state index contributed by atoms with van der Waals surface area (Å²) in [6.07, 6.45) is 5.97. The highest BCUT2D eigenvalue weighted by Gasteiger charge is 2.80. The molecule has 6 heterocycles. The molecule has 13 heteroatoms. The van der Waals surface area contributed by atoms with Gasteiger partial charge in [0.25, 0.3) is 0 Å². The van der Waals surface area contributed by atoms with Gasteiger partial charge in [-0.1, -0.05) is 44.2 Å². The van der Waals surface area contributed by atoms with Crippen molar-refractivity contribution in [1.29, 1.82) is 0 Å². The summed E-state index contributed by atoms with van der Waals surface area (Å²) in [5.74, 6) is -1.52. The third-order valence-corrected chi connectivity index (χ3v) is 15.7. The molecule has 322 valence electrons. The van der Waals surface area contributed by atoms with Gasteiger partial charge in [0, 0.05) is 90.9 Å². The molecule has 1 aromatic heterocycles. The molecule has 3 fully saturated rings. The average molecular weight is 825 g/mol. The first-order valence-corrected chi connectivity index (χ1v) is 21.8. The molecule has 3 aromatic rings. The van der Waals surface area contributed by atoms with Crippen molar-refractivity contribution in [3.63, 3.8) is 0 Å². The summed E-state index contributed by atoms with van der Waals surface area (Å²) < 4.78 is 24.3. The van der Waals surface area contributed by atoms with Gasteiger partial charge in [0.2, 0.25) is 5.60 Å². The van der Waals surface area contributed by atoms with Crippen molar-refractivity contribution in [1.82, 2.24) is 14.8 Å². The standard InChI is InChI=1S/C47H60N4O9/c1-8-43(55)24-29-25-46(41(53)59-10-3,37-31(16-20-50(26-29)27-43)30-14-11-12-15-34(30)48-37)33-22-32-35(23-36(33)57-6)49(5)39-45(32)18-21-51-19-13-17-44(9-2,38(45)51)40(60-28(4)52)47(39,56)42(54)58-7/h11-15,17,22-23,29,38-40,48,55-56H,8-10,16,18-21,24-27H2,1-7H3/t29-,38-,39?,40+,43-,44+,45+,46-,47-/m0/s1. The molecule has 10 atom stereocenters. The lowest BCUT2D eigenvalue weighted by atomic mass is 9.47. The highest BCUT2D eigenvalue weighted by Crippen LogP contribution is 2.68. The van der Waals surface area contributed by atoms with E-state index in [0.29, 0.717) is 82.6 Å². The highest BCUT2D eigenvalue weighted by atomic mass is 16.6. The minimum atomic E-state index is -2.30. The second kappa shape index (κ2) is 14.3. The molecule has 2 bridgehead atoms. The Hall–Kier alpha value is -4.43. The Labute approximate surface area is 352 Å². The molecule has 2 unspecified atom stereocenters. The van der Waals surface area contributed by atoms with E-state index in [9.17, 15) is 19.8 Å². The predicted octanol–water partition coefficient (Wildman–Crippen LogP) is 4.38. The monoisotopic (exact) mass is 824 g/mol. The Balaban J connectivity index is 1.37. The number of anilines is 1.